The molecule has 1 aromatic heterocycles. The van der Waals surface area contributed by atoms with Gasteiger partial charge < -0.3 is 14.7 Å². The molecule has 0 unspecified atom stereocenters. The second-order valence-electron chi connectivity index (χ2n) is 7.86. The zero-order valence-electron chi connectivity index (χ0n) is 15.8. The van der Waals surface area contributed by atoms with Crippen LogP contribution in [0.4, 0.5) is 5.82 Å². The van der Waals surface area contributed by atoms with Crippen molar-refractivity contribution in [3.05, 3.63) is 11.8 Å². The Morgan fingerprint density at radius 3 is 2.58 bits per heavy atom. The minimum atomic E-state index is -0.0571. The molecule has 1 saturated carbocycles. The van der Waals surface area contributed by atoms with Crippen molar-refractivity contribution in [3.63, 3.8) is 0 Å². The van der Waals surface area contributed by atoms with E-state index in [9.17, 15) is 9.59 Å². The number of likely N-dealkylation sites (tertiary alicyclic amines) is 1. The van der Waals surface area contributed by atoms with Crippen LogP contribution in [0.5, 0.6) is 0 Å². The number of nitrogens with zero attached hydrogens (tertiary/aromatic N) is 2. The van der Waals surface area contributed by atoms with Crippen LogP contribution < -0.4 is 5.32 Å². The monoisotopic (exact) mass is 361 g/mol. The summed E-state index contributed by atoms with van der Waals surface area (Å²) in [4.78, 5) is 26.7. The van der Waals surface area contributed by atoms with Gasteiger partial charge in [-0.1, -0.05) is 37.3 Å². The van der Waals surface area contributed by atoms with Gasteiger partial charge in [-0.05, 0) is 38.5 Å². The molecular weight excluding hydrogens is 330 g/mol. The Morgan fingerprint density at radius 1 is 1.19 bits per heavy atom. The molecule has 0 spiro atoms. The highest BCUT2D eigenvalue weighted by Gasteiger charge is 2.27. The van der Waals surface area contributed by atoms with Crippen molar-refractivity contribution in [2.24, 2.45) is 11.8 Å². The van der Waals surface area contributed by atoms with Gasteiger partial charge in [0.15, 0.2) is 5.82 Å². The van der Waals surface area contributed by atoms with Crippen molar-refractivity contribution in [1.82, 2.24) is 10.1 Å². The van der Waals surface area contributed by atoms with E-state index in [4.69, 9.17) is 4.52 Å². The molecule has 0 atom stereocenters. The third-order valence-electron chi connectivity index (χ3n) is 5.83. The van der Waals surface area contributed by atoms with Gasteiger partial charge in [0, 0.05) is 31.5 Å². The lowest BCUT2D eigenvalue weighted by Crippen LogP contribution is -2.41. The molecule has 3 rings (SSSR count). The lowest BCUT2D eigenvalue weighted by atomic mass is 9.86. The number of piperidine rings is 1. The second-order valence-corrected chi connectivity index (χ2v) is 7.86. The highest BCUT2D eigenvalue weighted by atomic mass is 16.5. The Labute approximate surface area is 155 Å². The number of anilines is 1. The van der Waals surface area contributed by atoms with E-state index in [2.05, 4.69) is 10.5 Å². The van der Waals surface area contributed by atoms with E-state index in [1.165, 1.54) is 38.5 Å². The molecule has 2 aliphatic rings. The summed E-state index contributed by atoms with van der Waals surface area (Å²) in [5.41, 5.74) is 0. The van der Waals surface area contributed by atoms with Crippen LogP contribution in [0.3, 0.4) is 0 Å². The predicted molar refractivity (Wildman–Crippen MR) is 99.6 cm³/mol. The third-order valence-corrected chi connectivity index (χ3v) is 5.83. The van der Waals surface area contributed by atoms with Crippen LogP contribution in [-0.2, 0) is 9.59 Å². The van der Waals surface area contributed by atoms with Gasteiger partial charge in [0.1, 0.15) is 5.76 Å². The number of carbonyl (C=O) groups excluding carboxylic acids is 2. The fourth-order valence-electron chi connectivity index (χ4n) is 4.22. The summed E-state index contributed by atoms with van der Waals surface area (Å²) < 4.78 is 4.96. The van der Waals surface area contributed by atoms with Gasteiger partial charge in [-0.2, -0.15) is 0 Å². The van der Waals surface area contributed by atoms with Gasteiger partial charge in [-0.3, -0.25) is 9.59 Å². The van der Waals surface area contributed by atoms with Crippen molar-refractivity contribution in [3.8, 4) is 0 Å². The van der Waals surface area contributed by atoms with Crippen molar-refractivity contribution >= 4 is 17.6 Å². The Balaban J connectivity index is 1.34. The van der Waals surface area contributed by atoms with Crippen LogP contribution >= 0.6 is 0 Å². The zero-order chi connectivity index (χ0) is 18.4. The first-order chi connectivity index (χ1) is 12.6. The normalized spacial score (nSPS) is 19.5. The fraction of sp³-hybridized carbons (Fsp3) is 0.750. The molecule has 1 aliphatic carbocycles. The molecule has 2 amide bonds. The molecule has 1 saturated heterocycles. The van der Waals surface area contributed by atoms with E-state index in [-0.39, 0.29) is 17.7 Å². The van der Waals surface area contributed by atoms with Crippen LogP contribution in [0.25, 0.3) is 0 Å². The summed E-state index contributed by atoms with van der Waals surface area (Å²) in [6, 6.07) is 1.71. The third kappa shape index (κ3) is 5.32. The summed E-state index contributed by atoms with van der Waals surface area (Å²) in [5, 5.41) is 6.59. The molecule has 1 aromatic rings. The van der Waals surface area contributed by atoms with Gasteiger partial charge in [-0.25, -0.2) is 0 Å². The maximum atomic E-state index is 12.4. The smallest absolute Gasteiger partial charge is 0.228 e. The lowest BCUT2D eigenvalue weighted by molar-refractivity contribution is -0.134. The quantitative estimate of drug-likeness (QED) is 0.833. The van der Waals surface area contributed by atoms with Gasteiger partial charge in [0.25, 0.3) is 0 Å². The summed E-state index contributed by atoms with van der Waals surface area (Å²) in [7, 11) is 0. The summed E-state index contributed by atoms with van der Waals surface area (Å²) >= 11 is 0. The maximum Gasteiger partial charge on any atom is 0.228 e. The van der Waals surface area contributed by atoms with Crippen LogP contribution in [0.15, 0.2) is 10.6 Å². The van der Waals surface area contributed by atoms with E-state index in [0.29, 0.717) is 31.1 Å². The Morgan fingerprint density at radius 2 is 1.92 bits per heavy atom. The van der Waals surface area contributed by atoms with Crippen molar-refractivity contribution in [2.75, 3.05) is 18.4 Å². The lowest BCUT2D eigenvalue weighted by Gasteiger charge is -2.31. The Bertz CT molecular complexity index is 599. The number of aromatic nitrogens is 1. The number of amides is 2. The Kier molecular flexibility index (Phi) is 6.69. The molecule has 6 heteroatoms. The highest BCUT2D eigenvalue weighted by molar-refractivity contribution is 5.91. The van der Waals surface area contributed by atoms with E-state index < -0.39 is 0 Å². The number of carbonyl (C=O) groups is 2. The number of rotatable bonds is 6. The average molecular weight is 361 g/mol. The van der Waals surface area contributed by atoms with Gasteiger partial charge in [0.05, 0.1) is 0 Å². The minimum Gasteiger partial charge on any atom is -0.360 e. The molecule has 1 N–H and O–H groups in total. The predicted octanol–water partition coefficient (Wildman–Crippen LogP) is 3.91. The molecule has 0 aromatic carbocycles. The first-order valence-electron chi connectivity index (χ1n) is 10.1. The van der Waals surface area contributed by atoms with Crippen molar-refractivity contribution in [1.29, 1.82) is 0 Å². The van der Waals surface area contributed by atoms with E-state index in [0.717, 1.165) is 25.2 Å². The summed E-state index contributed by atoms with van der Waals surface area (Å²) in [6.45, 7) is 3.15. The van der Waals surface area contributed by atoms with Crippen molar-refractivity contribution in [2.45, 2.75) is 71.1 Å². The van der Waals surface area contributed by atoms with Gasteiger partial charge in [0.2, 0.25) is 11.8 Å². The van der Waals surface area contributed by atoms with Crippen molar-refractivity contribution < 1.29 is 14.1 Å². The molecule has 26 heavy (non-hydrogen) atoms. The van der Waals surface area contributed by atoms with Crippen LogP contribution in [0.2, 0.25) is 0 Å². The van der Waals surface area contributed by atoms with E-state index >= 15 is 0 Å². The van der Waals surface area contributed by atoms with Gasteiger partial charge in [-0.15, -0.1) is 0 Å². The Hall–Kier alpha value is -1.85. The molecule has 144 valence electrons. The number of hydrogen-bond acceptors (Lipinski definition) is 4. The zero-order valence-corrected chi connectivity index (χ0v) is 15.8. The summed E-state index contributed by atoms with van der Waals surface area (Å²) in [6.07, 6.45) is 11.1. The molecule has 2 fully saturated rings. The number of hydrogen-bond donors (Lipinski definition) is 1. The first-order valence-corrected chi connectivity index (χ1v) is 10.1. The van der Waals surface area contributed by atoms with E-state index in [1.807, 2.05) is 4.90 Å². The van der Waals surface area contributed by atoms with Crippen LogP contribution in [-0.4, -0.2) is 35.0 Å². The number of aryl methyl sites for hydroxylation is 1. The largest absolute Gasteiger partial charge is 0.360 e. The second kappa shape index (κ2) is 9.19. The van der Waals surface area contributed by atoms with E-state index in [1.54, 1.807) is 13.0 Å². The molecule has 0 radical (unpaired) electrons. The fourth-order valence-corrected chi connectivity index (χ4v) is 4.22. The molecule has 0 bridgehead atoms. The van der Waals surface area contributed by atoms with Crippen LogP contribution in [0, 0.1) is 18.8 Å². The average Bonchev–Trinajstić information content (AvgIpc) is 3.07. The number of nitrogens with one attached hydrogen (secondary N) is 1. The molecule has 2 heterocycles. The summed E-state index contributed by atoms with van der Waals surface area (Å²) in [5.74, 6) is 2.15. The topological polar surface area (TPSA) is 75.4 Å². The standard InChI is InChI=1S/C20H31N3O3/c1-15-14-18(22-26-15)21-20(25)17-10-12-23(13-11-17)19(24)9-5-8-16-6-3-2-4-7-16/h14,16-17H,2-13H2,1H3,(H,21,22,25). The molecule has 6 nitrogen and oxygen atoms in total. The maximum absolute atomic E-state index is 12.4. The van der Waals surface area contributed by atoms with Crippen LogP contribution in [0.1, 0.15) is 70.0 Å². The highest BCUT2D eigenvalue weighted by Crippen LogP contribution is 2.28. The van der Waals surface area contributed by atoms with Gasteiger partial charge >= 0.3 is 0 Å². The molecular formula is C20H31N3O3. The first kappa shape index (κ1) is 18.9. The SMILES string of the molecule is Cc1cc(NC(=O)C2CCN(C(=O)CCCC3CCCCC3)CC2)no1. The molecule has 1 aliphatic heterocycles. The minimum absolute atomic E-state index is 0.0253.